The maximum absolute atomic E-state index is 12.9. The lowest BCUT2D eigenvalue weighted by molar-refractivity contribution is -0.145. The molecule has 3 heterocycles. The Hall–Kier alpha value is -2.15. The van der Waals surface area contributed by atoms with Crippen molar-refractivity contribution in [3.05, 3.63) is 36.2 Å². The molecule has 0 N–H and O–H groups in total. The number of rotatable bonds is 4. The largest absolute Gasteiger partial charge is 0.369 e. The summed E-state index contributed by atoms with van der Waals surface area (Å²) in [4.78, 5) is 19.0. The van der Waals surface area contributed by atoms with Gasteiger partial charge in [-0.05, 0) is 12.8 Å². The van der Waals surface area contributed by atoms with Crippen LogP contribution in [0.3, 0.4) is 0 Å². The minimum absolute atomic E-state index is 0.0987. The second-order valence-corrected chi connectivity index (χ2v) is 6.15. The van der Waals surface area contributed by atoms with Crippen LogP contribution in [0.2, 0.25) is 0 Å². The molecule has 0 saturated carbocycles. The Kier molecular flexibility index (Phi) is 4.47. The van der Waals surface area contributed by atoms with Gasteiger partial charge in [0.2, 0.25) is 5.91 Å². The fraction of sp³-hybridized carbons (Fsp3) is 0.562. The van der Waals surface area contributed by atoms with Crippen LogP contribution in [-0.4, -0.2) is 43.8 Å². The highest BCUT2D eigenvalue weighted by atomic mass is 16.5. The van der Waals surface area contributed by atoms with E-state index in [9.17, 15) is 4.79 Å². The third-order valence-electron chi connectivity index (χ3n) is 4.31. The molecule has 1 fully saturated rings. The summed E-state index contributed by atoms with van der Waals surface area (Å²) in [6.45, 7) is 1.23. The van der Waals surface area contributed by atoms with E-state index in [1.807, 2.05) is 38.1 Å². The van der Waals surface area contributed by atoms with Crippen LogP contribution >= 0.6 is 0 Å². The molecule has 1 aliphatic heterocycles. The molecule has 0 radical (unpaired) electrons. The van der Waals surface area contributed by atoms with Crippen molar-refractivity contribution in [1.29, 1.82) is 0 Å². The molecule has 0 unspecified atom stereocenters. The van der Waals surface area contributed by atoms with Crippen LogP contribution in [-0.2, 0) is 30.2 Å². The maximum atomic E-state index is 12.9. The van der Waals surface area contributed by atoms with E-state index in [4.69, 9.17) is 4.74 Å². The van der Waals surface area contributed by atoms with Gasteiger partial charge in [-0.3, -0.25) is 9.48 Å². The zero-order valence-electron chi connectivity index (χ0n) is 13.8. The van der Waals surface area contributed by atoms with Crippen molar-refractivity contribution in [2.24, 2.45) is 20.0 Å². The quantitative estimate of drug-likeness (QED) is 0.852. The number of imidazole rings is 1. The average molecular weight is 317 g/mol. The van der Waals surface area contributed by atoms with Gasteiger partial charge in [0, 0.05) is 58.4 Å². The normalized spacial score (nSPS) is 21.3. The van der Waals surface area contributed by atoms with Gasteiger partial charge in [-0.2, -0.15) is 5.10 Å². The molecule has 1 aliphatic rings. The first-order chi connectivity index (χ1) is 11.1. The van der Waals surface area contributed by atoms with E-state index in [-0.39, 0.29) is 17.9 Å². The van der Waals surface area contributed by atoms with Gasteiger partial charge in [0.1, 0.15) is 11.9 Å². The molecule has 23 heavy (non-hydrogen) atoms. The standard InChI is InChI=1S/C16H23N5O2/c1-19-7-6-17-15(19)14-13(5-4-8-23-14)16(22)20(2)10-12-9-18-21(3)11-12/h6-7,9,11,13-14H,4-5,8,10H2,1-3H3/t13-,14-/m1/s1. The van der Waals surface area contributed by atoms with Gasteiger partial charge in [0.25, 0.3) is 0 Å². The second kappa shape index (κ2) is 6.54. The third kappa shape index (κ3) is 3.29. The molecule has 7 heteroatoms. The number of hydrogen-bond acceptors (Lipinski definition) is 4. The van der Waals surface area contributed by atoms with Gasteiger partial charge < -0.3 is 14.2 Å². The van der Waals surface area contributed by atoms with Crippen LogP contribution in [0, 0.1) is 5.92 Å². The van der Waals surface area contributed by atoms with Crippen LogP contribution in [0.25, 0.3) is 0 Å². The third-order valence-corrected chi connectivity index (χ3v) is 4.31. The smallest absolute Gasteiger partial charge is 0.228 e. The second-order valence-electron chi connectivity index (χ2n) is 6.15. The molecule has 0 bridgehead atoms. The lowest BCUT2D eigenvalue weighted by atomic mass is 9.92. The van der Waals surface area contributed by atoms with Crippen molar-refractivity contribution in [3.8, 4) is 0 Å². The summed E-state index contributed by atoms with van der Waals surface area (Å²) in [7, 11) is 5.64. The lowest BCUT2D eigenvalue weighted by Gasteiger charge is -2.33. The molecule has 1 saturated heterocycles. The fourth-order valence-electron chi connectivity index (χ4n) is 3.13. The number of amides is 1. The predicted octanol–water partition coefficient (Wildman–Crippen LogP) is 1.28. The van der Waals surface area contributed by atoms with Crippen molar-refractivity contribution in [2.75, 3.05) is 13.7 Å². The van der Waals surface area contributed by atoms with Crippen LogP contribution in [0.5, 0.6) is 0 Å². The summed E-state index contributed by atoms with van der Waals surface area (Å²) in [5.74, 6) is 0.728. The molecule has 124 valence electrons. The molecule has 7 nitrogen and oxygen atoms in total. The van der Waals surface area contributed by atoms with Crippen LogP contribution < -0.4 is 0 Å². The number of ether oxygens (including phenoxy) is 1. The Labute approximate surface area is 135 Å². The first kappa shape index (κ1) is 15.7. The highest BCUT2D eigenvalue weighted by molar-refractivity contribution is 5.79. The van der Waals surface area contributed by atoms with Gasteiger partial charge in [0.15, 0.2) is 0 Å². The topological polar surface area (TPSA) is 65.2 Å². The molecule has 0 aromatic carbocycles. The molecule has 0 aliphatic carbocycles. The summed E-state index contributed by atoms with van der Waals surface area (Å²) in [5, 5.41) is 4.15. The molecule has 3 rings (SSSR count). The number of aryl methyl sites for hydroxylation is 2. The van der Waals surface area contributed by atoms with Crippen molar-refractivity contribution in [1.82, 2.24) is 24.2 Å². The van der Waals surface area contributed by atoms with E-state index in [0.717, 1.165) is 24.2 Å². The number of aromatic nitrogens is 4. The van der Waals surface area contributed by atoms with E-state index in [1.54, 1.807) is 22.0 Å². The minimum Gasteiger partial charge on any atom is -0.369 e. The van der Waals surface area contributed by atoms with Gasteiger partial charge in [-0.15, -0.1) is 0 Å². The summed E-state index contributed by atoms with van der Waals surface area (Å²) in [6, 6.07) is 0. The zero-order chi connectivity index (χ0) is 16.4. The Morgan fingerprint density at radius 3 is 2.96 bits per heavy atom. The number of hydrogen-bond donors (Lipinski definition) is 0. The van der Waals surface area contributed by atoms with E-state index in [1.165, 1.54) is 0 Å². The Morgan fingerprint density at radius 2 is 2.30 bits per heavy atom. The number of carbonyl (C=O) groups is 1. The van der Waals surface area contributed by atoms with Gasteiger partial charge >= 0.3 is 0 Å². The van der Waals surface area contributed by atoms with Crippen molar-refractivity contribution >= 4 is 5.91 Å². The van der Waals surface area contributed by atoms with Gasteiger partial charge in [-0.1, -0.05) is 0 Å². The van der Waals surface area contributed by atoms with Crippen molar-refractivity contribution in [3.63, 3.8) is 0 Å². The van der Waals surface area contributed by atoms with E-state index < -0.39 is 0 Å². The van der Waals surface area contributed by atoms with Crippen LogP contribution in [0.4, 0.5) is 0 Å². The molecule has 0 spiro atoms. The lowest BCUT2D eigenvalue weighted by Crippen LogP contribution is -2.39. The molecule has 2 atom stereocenters. The summed E-state index contributed by atoms with van der Waals surface area (Å²) < 4.78 is 9.57. The van der Waals surface area contributed by atoms with E-state index in [0.29, 0.717) is 13.2 Å². The Morgan fingerprint density at radius 1 is 1.48 bits per heavy atom. The predicted molar refractivity (Wildman–Crippen MR) is 84.3 cm³/mol. The van der Waals surface area contributed by atoms with Crippen molar-refractivity contribution < 1.29 is 9.53 Å². The van der Waals surface area contributed by atoms with Crippen LogP contribution in [0.1, 0.15) is 30.3 Å². The SMILES string of the molecule is CN(Cc1cnn(C)c1)C(=O)[C@@H]1CCCO[C@H]1c1nccn1C. The van der Waals surface area contributed by atoms with Crippen LogP contribution in [0.15, 0.2) is 24.8 Å². The fourth-order valence-corrected chi connectivity index (χ4v) is 3.13. The highest BCUT2D eigenvalue weighted by Gasteiger charge is 2.36. The first-order valence-electron chi connectivity index (χ1n) is 7.87. The first-order valence-corrected chi connectivity index (χ1v) is 7.87. The number of nitrogens with zero attached hydrogens (tertiary/aromatic N) is 5. The van der Waals surface area contributed by atoms with E-state index >= 15 is 0 Å². The highest BCUT2D eigenvalue weighted by Crippen LogP contribution is 2.34. The maximum Gasteiger partial charge on any atom is 0.228 e. The minimum atomic E-state index is -0.271. The monoisotopic (exact) mass is 317 g/mol. The molecular formula is C16H23N5O2. The summed E-state index contributed by atoms with van der Waals surface area (Å²) >= 11 is 0. The van der Waals surface area contributed by atoms with E-state index in [2.05, 4.69) is 10.1 Å². The van der Waals surface area contributed by atoms with Gasteiger partial charge in [0.05, 0.1) is 12.1 Å². The zero-order valence-corrected chi connectivity index (χ0v) is 13.8. The molecular weight excluding hydrogens is 294 g/mol. The summed E-state index contributed by atoms with van der Waals surface area (Å²) in [5.41, 5.74) is 1.02. The average Bonchev–Trinajstić information content (AvgIpc) is 3.15. The van der Waals surface area contributed by atoms with Gasteiger partial charge in [-0.25, -0.2) is 4.98 Å². The molecule has 2 aromatic heterocycles. The van der Waals surface area contributed by atoms with Crippen molar-refractivity contribution in [2.45, 2.75) is 25.5 Å². The molecule has 2 aromatic rings. The summed E-state index contributed by atoms with van der Waals surface area (Å²) in [6.07, 6.45) is 8.80. The number of carbonyl (C=O) groups excluding carboxylic acids is 1. The Balaban J connectivity index is 1.74. The Bertz CT molecular complexity index is 678. The molecule has 1 amide bonds.